The number of carbonyl (C=O) groups is 1. The maximum Gasteiger partial charge on any atom is 0.406 e. The first kappa shape index (κ1) is 18.0. The second kappa shape index (κ2) is 6.82. The Morgan fingerprint density at radius 2 is 1.50 bits per heavy atom. The van der Waals surface area contributed by atoms with E-state index in [9.17, 15) is 22.8 Å². The summed E-state index contributed by atoms with van der Waals surface area (Å²) in [5.41, 5.74) is 0.878. The van der Waals surface area contributed by atoms with Crippen LogP contribution >= 0.6 is 0 Å². The summed E-state index contributed by atoms with van der Waals surface area (Å²) in [6.45, 7) is -0.108. The van der Waals surface area contributed by atoms with E-state index < -0.39 is 18.6 Å². The Morgan fingerprint density at radius 1 is 1.00 bits per heavy atom. The Hall–Kier alpha value is -2.83. The van der Waals surface area contributed by atoms with Crippen LogP contribution in [0.3, 0.4) is 0 Å². The monoisotopic (exact) mass is 362 g/mol. The zero-order chi connectivity index (χ0) is 18.9. The molecule has 0 radical (unpaired) electrons. The number of halogens is 3. The van der Waals surface area contributed by atoms with E-state index in [4.69, 9.17) is 0 Å². The maximum absolute atomic E-state index is 12.7. The van der Waals surface area contributed by atoms with Crippen molar-refractivity contribution in [1.82, 2.24) is 9.47 Å². The van der Waals surface area contributed by atoms with Gasteiger partial charge in [-0.15, -0.1) is 0 Å². The van der Waals surface area contributed by atoms with Gasteiger partial charge in [0.15, 0.2) is 5.43 Å². The minimum Gasteiger partial charge on any atom is -0.332 e. The van der Waals surface area contributed by atoms with Crippen LogP contribution in [0.4, 0.5) is 13.2 Å². The molecule has 0 saturated carbocycles. The minimum absolute atomic E-state index is 0.0472. The number of aromatic nitrogens is 1. The molecule has 0 spiro atoms. The van der Waals surface area contributed by atoms with E-state index in [1.165, 1.54) is 6.92 Å². The average Bonchev–Trinajstić information content (AvgIpc) is 2.62. The predicted molar refractivity (Wildman–Crippen MR) is 94.0 cm³/mol. The van der Waals surface area contributed by atoms with Gasteiger partial charge in [0.25, 0.3) is 0 Å². The van der Waals surface area contributed by atoms with Crippen molar-refractivity contribution in [2.24, 2.45) is 0 Å². The van der Waals surface area contributed by atoms with Gasteiger partial charge in [0.05, 0.1) is 11.0 Å². The number of para-hydroxylation sites is 2. The molecule has 0 N–H and O–H groups in total. The number of carbonyl (C=O) groups excluding carboxylic acids is 1. The van der Waals surface area contributed by atoms with Gasteiger partial charge in [0.1, 0.15) is 13.1 Å². The van der Waals surface area contributed by atoms with Gasteiger partial charge in [-0.2, -0.15) is 13.2 Å². The van der Waals surface area contributed by atoms with Crippen molar-refractivity contribution in [1.29, 1.82) is 0 Å². The van der Waals surface area contributed by atoms with Gasteiger partial charge < -0.3 is 9.47 Å². The number of hydrogen-bond acceptors (Lipinski definition) is 2. The molecule has 0 bridgehead atoms. The summed E-state index contributed by atoms with van der Waals surface area (Å²) in [5, 5.41) is 0.857. The Labute approximate surface area is 147 Å². The molecular weight excluding hydrogens is 345 g/mol. The molecule has 0 aliphatic carbocycles. The van der Waals surface area contributed by atoms with E-state index in [1.807, 2.05) is 0 Å². The number of rotatable bonds is 4. The first-order chi connectivity index (χ1) is 12.3. The molecule has 0 atom stereocenters. The molecule has 4 nitrogen and oxygen atoms in total. The van der Waals surface area contributed by atoms with Gasteiger partial charge in [0, 0.05) is 17.3 Å². The standard InChI is InChI=1S/C19H17F3N2O2/c1-2-23(12-19(20,21)22)17(25)11-24-15-9-5-3-7-13(15)18(26)14-8-4-6-10-16(14)24/h3-10H,2,11-12H2,1H3. The molecule has 1 aromatic heterocycles. The van der Waals surface area contributed by atoms with Crippen LogP contribution in [-0.2, 0) is 11.3 Å². The molecular formula is C19H17F3N2O2. The Morgan fingerprint density at radius 3 is 1.96 bits per heavy atom. The summed E-state index contributed by atoms with van der Waals surface area (Å²) in [5.74, 6) is -0.649. The van der Waals surface area contributed by atoms with Gasteiger partial charge in [-0.05, 0) is 31.2 Å². The molecule has 0 aliphatic heterocycles. The van der Waals surface area contributed by atoms with Gasteiger partial charge >= 0.3 is 6.18 Å². The Kier molecular flexibility index (Phi) is 4.71. The van der Waals surface area contributed by atoms with E-state index in [0.29, 0.717) is 21.8 Å². The van der Waals surface area contributed by atoms with Crippen molar-refractivity contribution in [3.8, 4) is 0 Å². The third kappa shape index (κ3) is 3.42. The highest BCUT2D eigenvalue weighted by Crippen LogP contribution is 2.21. The molecule has 2 aromatic carbocycles. The zero-order valence-electron chi connectivity index (χ0n) is 14.1. The summed E-state index contributed by atoms with van der Waals surface area (Å²) in [6.07, 6.45) is -4.46. The smallest absolute Gasteiger partial charge is 0.332 e. The van der Waals surface area contributed by atoms with E-state index in [-0.39, 0.29) is 18.5 Å². The van der Waals surface area contributed by atoms with Gasteiger partial charge in [-0.1, -0.05) is 24.3 Å². The zero-order valence-corrected chi connectivity index (χ0v) is 14.1. The third-order valence-corrected chi connectivity index (χ3v) is 4.28. The van der Waals surface area contributed by atoms with Crippen LogP contribution in [0.1, 0.15) is 6.92 Å². The third-order valence-electron chi connectivity index (χ3n) is 4.28. The van der Waals surface area contributed by atoms with Crippen LogP contribution in [0.2, 0.25) is 0 Å². The summed E-state index contributed by atoms with van der Waals surface area (Å²) >= 11 is 0. The highest BCUT2D eigenvalue weighted by Gasteiger charge is 2.32. The molecule has 0 unspecified atom stereocenters. The van der Waals surface area contributed by atoms with Crippen molar-refractivity contribution >= 4 is 27.7 Å². The molecule has 136 valence electrons. The van der Waals surface area contributed by atoms with E-state index >= 15 is 0 Å². The second-order valence-electron chi connectivity index (χ2n) is 5.97. The maximum atomic E-state index is 12.7. The predicted octanol–water partition coefficient (Wildman–Crippen LogP) is 3.57. The fourth-order valence-corrected chi connectivity index (χ4v) is 3.08. The van der Waals surface area contributed by atoms with Crippen molar-refractivity contribution < 1.29 is 18.0 Å². The lowest BCUT2D eigenvalue weighted by atomic mass is 10.1. The fourth-order valence-electron chi connectivity index (χ4n) is 3.08. The Bertz CT molecular complexity index is 965. The number of amides is 1. The molecule has 3 rings (SSSR count). The highest BCUT2D eigenvalue weighted by atomic mass is 19.4. The number of likely N-dealkylation sites (N-methyl/N-ethyl adjacent to an activating group) is 1. The van der Waals surface area contributed by atoms with Crippen LogP contribution in [-0.4, -0.2) is 34.6 Å². The quantitative estimate of drug-likeness (QED) is 0.666. The van der Waals surface area contributed by atoms with E-state index in [2.05, 4.69) is 0 Å². The molecule has 0 fully saturated rings. The van der Waals surface area contributed by atoms with Gasteiger partial charge in [-0.25, -0.2) is 0 Å². The lowest BCUT2D eigenvalue weighted by molar-refractivity contribution is -0.161. The summed E-state index contributed by atoms with van der Waals surface area (Å²) < 4.78 is 39.7. The van der Waals surface area contributed by atoms with Crippen LogP contribution in [0, 0.1) is 0 Å². The van der Waals surface area contributed by atoms with Crippen LogP contribution in [0.15, 0.2) is 53.3 Å². The molecule has 1 amide bonds. The molecule has 0 aliphatic rings. The second-order valence-corrected chi connectivity index (χ2v) is 5.97. The molecule has 7 heteroatoms. The largest absolute Gasteiger partial charge is 0.406 e. The highest BCUT2D eigenvalue weighted by molar-refractivity contribution is 5.94. The molecule has 0 saturated heterocycles. The van der Waals surface area contributed by atoms with Crippen LogP contribution in [0.25, 0.3) is 21.8 Å². The number of alkyl halides is 3. The van der Waals surface area contributed by atoms with Crippen molar-refractivity contribution in [2.45, 2.75) is 19.6 Å². The lowest BCUT2D eigenvalue weighted by Gasteiger charge is -2.24. The first-order valence-corrected chi connectivity index (χ1v) is 8.16. The topological polar surface area (TPSA) is 42.3 Å². The lowest BCUT2D eigenvalue weighted by Crippen LogP contribution is -2.40. The molecule has 26 heavy (non-hydrogen) atoms. The number of benzene rings is 2. The average molecular weight is 362 g/mol. The summed E-state index contributed by atoms with van der Waals surface area (Å²) in [6, 6.07) is 13.6. The number of pyridine rings is 1. The van der Waals surface area contributed by atoms with Crippen LogP contribution in [0.5, 0.6) is 0 Å². The number of hydrogen-bond donors (Lipinski definition) is 0. The SMILES string of the molecule is CCN(CC(F)(F)F)C(=O)Cn1c2ccccc2c(=O)c2ccccc21. The first-order valence-electron chi connectivity index (χ1n) is 8.16. The molecule has 3 aromatic rings. The minimum atomic E-state index is -4.46. The van der Waals surface area contributed by atoms with E-state index in [0.717, 1.165) is 4.90 Å². The summed E-state index contributed by atoms with van der Waals surface area (Å²) in [4.78, 5) is 25.9. The van der Waals surface area contributed by atoms with Crippen molar-refractivity contribution in [3.05, 3.63) is 58.8 Å². The fraction of sp³-hybridized carbons (Fsp3) is 0.263. The van der Waals surface area contributed by atoms with E-state index in [1.54, 1.807) is 53.1 Å². The summed E-state index contributed by atoms with van der Waals surface area (Å²) in [7, 11) is 0. The number of fused-ring (bicyclic) bond motifs is 2. The Balaban J connectivity index is 2.13. The number of nitrogens with zero attached hydrogens (tertiary/aromatic N) is 2. The van der Waals surface area contributed by atoms with Gasteiger partial charge in [-0.3, -0.25) is 9.59 Å². The van der Waals surface area contributed by atoms with Crippen molar-refractivity contribution in [2.75, 3.05) is 13.1 Å². The van der Waals surface area contributed by atoms with Crippen molar-refractivity contribution in [3.63, 3.8) is 0 Å². The normalized spacial score (nSPS) is 11.8. The van der Waals surface area contributed by atoms with Crippen LogP contribution < -0.4 is 5.43 Å². The molecule has 1 heterocycles. The van der Waals surface area contributed by atoms with Gasteiger partial charge in [0.2, 0.25) is 5.91 Å².